The predicted molar refractivity (Wildman–Crippen MR) is 67.1 cm³/mol. The monoisotopic (exact) mass is 255 g/mol. The van der Waals surface area contributed by atoms with Crippen molar-refractivity contribution < 1.29 is 4.79 Å². The number of hydrogen-bond acceptors (Lipinski definition) is 3. The Labute approximate surface area is 106 Å². The Bertz CT molecular complexity index is 388. The molecule has 1 saturated carbocycles. The van der Waals surface area contributed by atoms with Gasteiger partial charge in [0.15, 0.2) is 5.78 Å². The van der Waals surface area contributed by atoms with Crippen LogP contribution in [-0.4, -0.2) is 22.1 Å². The molecule has 1 aliphatic carbocycles. The molecule has 1 aliphatic rings. The molecule has 0 spiro atoms. The Morgan fingerprint density at radius 2 is 2.18 bits per heavy atom. The molecule has 0 bridgehead atoms. The number of halogens is 1. The Hall–Kier alpha value is -0.870. The van der Waals surface area contributed by atoms with E-state index in [1.54, 1.807) is 11.7 Å². The Morgan fingerprint density at radius 3 is 2.65 bits per heavy atom. The lowest BCUT2D eigenvalue weighted by Crippen LogP contribution is -2.27. The van der Waals surface area contributed by atoms with Gasteiger partial charge in [-0.1, -0.05) is 11.6 Å². The van der Waals surface area contributed by atoms with Gasteiger partial charge in [0.25, 0.3) is 0 Å². The average molecular weight is 256 g/mol. The molecule has 0 radical (unpaired) electrons. The van der Waals surface area contributed by atoms with E-state index in [1.807, 2.05) is 0 Å². The molecule has 0 unspecified atom stereocenters. The number of hydrogen-bond donors (Lipinski definition) is 1. The third-order valence-electron chi connectivity index (χ3n) is 3.68. The minimum atomic E-state index is 0.0886. The molecular weight excluding hydrogens is 238 g/mol. The van der Waals surface area contributed by atoms with E-state index in [2.05, 4.69) is 5.10 Å². The van der Waals surface area contributed by atoms with Crippen LogP contribution in [0, 0.1) is 11.8 Å². The van der Waals surface area contributed by atoms with Crippen LogP contribution in [0.1, 0.15) is 36.2 Å². The van der Waals surface area contributed by atoms with Crippen LogP contribution in [0.2, 0.25) is 5.02 Å². The Balaban J connectivity index is 2.07. The fourth-order valence-electron chi connectivity index (χ4n) is 2.54. The highest BCUT2D eigenvalue weighted by Crippen LogP contribution is 2.31. The molecule has 0 aromatic carbocycles. The van der Waals surface area contributed by atoms with Crippen molar-refractivity contribution in [1.29, 1.82) is 0 Å². The van der Waals surface area contributed by atoms with Crippen LogP contribution in [0.3, 0.4) is 0 Å². The third kappa shape index (κ3) is 2.53. The van der Waals surface area contributed by atoms with E-state index in [0.717, 1.165) is 32.2 Å². The van der Waals surface area contributed by atoms with Gasteiger partial charge >= 0.3 is 0 Å². The van der Waals surface area contributed by atoms with Crippen molar-refractivity contribution in [2.24, 2.45) is 24.6 Å². The highest BCUT2D eigenvalue weighted by atomic mass is 35.5. The summed E-state index contributed by atoms with van der Waals surface area (Å²) in [5.41, 5.74) is 6.19. The molecular formula is C12H18ClN3O. The van der Waals surface area contributed by atoms with Crippen LogP contribution in [-0.2, 0) is 7.05 Å². The second-order valence-electron chi connectivity index (χ2n) is 4.78. The Morgan fingerprint density at radius 1 is 1.53 bits per heavy atom. The van der Waals surface area contributed by atoms with Crippen LogP contribution in [0.25, 0.3) is 0 Å². The number of nitrogens with two attached hydrogens (primary N) is 1. The van der Waals surface area contributed by atoms with Crippen molar-refractivity contribution in [3.63, 3.8) is 0 Å². The normalized spacial score (nSPS) is 24.9. The number of Topliss-reactive ketones (excluding diaryl/α,β-unsaturated/α-hetero) is 1. The van der Waals surface area contributed by atoms with E-state index in [-0.39, 0.29) is 11.7 Å². The van der Waals surface area contributed by atoms with E-state index in [9.17, 15) is 4.79 Å². The largest absolute Gasteiger partial charge is 0.330 e. The summed E-state index contributed by atoms with van der Waals surface area (Å²) in [5.74, 6) is 0.803. The van der Waals surface area contributed by atoms with Gasteiger partial charge in [-0.2, -0.15) is 5.10 Å². The van der Waals surface area contributed by atoms with Crippen molar-refractivity contribution in [3.8, 4) is 0 Å². The van der Waals surface area contributed by atoms with Gasteiger partial charge in [-0.25, -0.2) is 0 Å². The van der Waals surface area contributed by atoms with Crippen LogP contribution < -0.4 is 5.73 Å². The van der Waals surface area contributed by atoms with Gasteiger partial charge < -0.3 is 5.73 Å². The smallest absolute Gasteiger partial charge is 0.185 e. The second-order valence-corrected chi connectivity index (χ2v) is 5.19. The molecule has 0 atom stereocenters. The van der Waals surface area contributed by atoms with Crippen molar-refractivity contribution in [3.05, 3.63) is 16.9 Å². The molecule has 2 N–H and O–H groups in total. The number of carbonyl (C=O) groups excluding carboxylic acids is 1. The van der Waals surface area contributed by atoms with Crippen molar-refractivity contribution in [2.75, 3.05) is 6.54 Å². The molecule has 0 aliphatic heterocycles. The maximum absolute atomic E-state index is 12.3. The van der Waals surface area contributed by atoms with Crippen LogP contribution in [0.5, 0.6) is 0 Å². The van der Waals surface area contributed by atoms with Gasteiger partial charge in [-0.3, -0.25) is 9.48 Å². The summed E-state index contributed by atoms with van der Waals surface area (Å²) < 4.78 is 1.57. The quantitative estimate of drug-likeness (QED) is 0.841. The van der Waals surface area contributed by atoms with Crippen molar-refractivity contribution in [2.45, 2.75) is 25.7 Å². The standard InChI is InChI=1S/C12H18ClN3O/c1-16-11(10(13)7-15-16)12(17)9-4-2-8(6-14)3-5-9/h7-9H,2-6,14H2,1H3. The fraction of sp³-hybridized carbons (Fsp3) is 0.667. The maximum atomic E-state index is 12.3. The highest BCUT2D eigenvalue weighted by Gasteiger charge is 2.29. The van der Waals surface area contributed by atoms with Gasteiger partial charge in [0.05, 0.1) is 11.2 Å². The number of nitrogens with zero attached hydrogens (tertiary/aromatic N) is 2. The summed E-state index contributed by atoms with van der Waals surface area (Å²) in [6.45, 7) is 0.730. The fourth-order valence-corrected chi connectivity index (χ4v) is 2.80. The number of carbonyl (C=O) groups is 1. The first-order valence-corrected chi connectivity index (χ1v) is 6.43. The summed E-state index contributed by atoms with van der Waals surface area (Å²) >= 11 is 5.99. The average Bonchev–Trinajstić information content (AvgIpc) is 2.68. The van der Waals surface area contributed by atoms with E-state index >= 15 is 0 Å². The summed E-state index contributed by atoms with van der Waals surface area (Å²) in [5, 5.41) is 4.46. The van der Waals surface area contributed by atoms with Gasteiger partial charge in [0.1, 0.15) is 5.69 Å². The highest BCUT2D eigenvalue weighted by molar-refractivity contribution is 6.33. The molecule has 0 saturated heterocycles. The van der Waals surface area contributed by atoms with Gasteiger partial charge in [0, 0.05) is 13.0 Å². The first-order valence-electron chi connectivity index (χ1n) is 6.05. The van der Waals surface area contributed by atoms with Gasteiger partial charge in [-0.15, -0.1) is 0 Å². The lowest BCUT2D eigenvalue weighted by molar-refractivity contribution is 0.0864. The lowest BCUT2D eigenvalue weighted by Gasteiger charge is -2.26. The van der Waals surface area contributed by atoms with E-state index in [1.165, 1.54) is 6.20 Å². The SMILES string of the molecule is Cn1ncc(Cl)c1C(=O)C1CCC(CN)CC1. The molecule has 2 rings (SSSR count). The first-order chi connectivity index (χ1) is 8.13. The van der Waals surface area contributed by atoms with Gasteiger partial charge in [0.2, 0.25) is 0 Å². The van der Waals surface area contributed by atoms with Crippen LogP contribution in [0.4, 0.5) is 0 Å². The molecule has 1 aromatic rings. The molecule has 5 heteroatoms. The minimum absolute atomic E-state index is 0.0886. The van der Waals surface area contributed by atoms with E-state index < -0.39 is 0 Å². The molecule has 1 heterocycles. The van der Waals surface area contributed by atoms with Crippen LogP contribution in [0.15, 0.2) is 6.20 Å². The first kappa shape index (κ1) is 12.6. The van der Waals surface area contributed by atoms with E-state index in [4.69, 9.17) is 17.3 Å². The van der Waals surface area contributed by atoms with E-state index in [0.29, 0.717) is 16.6 Å². The molecule has 4 nitrogen and oxygen atoms in total. The number of ketones is 1. The number of aromatic nitrogens is 2. The molecule has 94 valence electrons. The number of aryl methyl sites for hydroxylation is 1. The summed E-state index contributed by atoms with van der Waals surface area (Å²) in [6, 6.07) is 0. The molecule has 1 fully saturated rings. The molecule has 1 aromatic heterocycles. The summed E-state index contributed by atoms with van der Waals surface area (Å²) in [7, 11) is 1.75. The zero-order valence-electron chi connectivity index (χ0n) is 10.0. The summed E-state index contributed by atoms with van der Waals surface area (Å²) in [6.07, 6.45) is 5.45. The lowest BCUT2D eigenvalue weighted by atomic mass is 9.79. The molecule has 17 heavy (non-hydrogen) atoms. The number of rotatable bonds is 3. The second kappa shape index (κ2) is 5.19. The van der Waals surface area contributed by atoms with Crippen LogP contribution >= 0.6 is 11.6 Å². The summed E-state index contributed by atoms with van der Waals surface area (Å²) in [4.78, 5) is 12.3. The zero-order valence-corrected chi connectivity index (χ0v) is 10.8. The maximum Gasteiger partial charge on any atom is 0.185 e. The minimum Gasteiger partial charge on any atom is -0.330 e. The van der Waals surface area contributed by atoms with Gasteiger partial charge in [-0.05, 0) is 38.1 Å². The third-order valence-corrected chi connectivity index (χ3v) is 3.95. The topological polar surface area (TPSA) is 60.9 Å². The van der Waals surface area contributed by atoms with Crippen molar-refractivity contribution in [1.82, 2.24) is 9.78 Å². The molecule has 0 amide bonds. The zero-order chi connectivity index (χ0) is 12.4. The predicted octanol–water partition coefficient (Wildman–Crippen LogP) is 2.02. The Kier molecular flexibility index (Phi) is 3.84. The van der Waals surface area contributed by atoms with Crippen molar-refractivity contribution >= 4 is 17.4 Å².